The topological polar surface area (TPSA) is 87.7 Å². The van der Waals surface area contributed by atoms with Crippen LogP contribution in [0.15, 0.2) is 48.5 Å². The monoisotopic (exact) mass is 393 g/mol. The molecule has 2 aliphatic rings. The predicted molar refractivity (Wildman–Crippen MR) is 108 cm³/mol. The van der Waals surface area contributed by atoms with Crippen LogP contribution in [-0.4, -0.2) is 35.9 Å². The number of carbonyl (C=O) groups excluding carboxylic acids is 3. The largest absolute Gasteiger partial charge is 0.492 e. The number of fused-ring (bicyclic) bond motifs is 2. The number of hydrogen-bond donors (Lipinski definition) is 2. The molecule has 2 aromatic rings. The van der Waals surface area contributed by atoms with Gasteiger partial charge in [-0.25, -0.2) is 4.79 Å². The number of aryl methyl sites for hydroxylation is 1. The molecule has 29 heavy (non-hydrogen) atoms. The van der Waals surface area contributed by atoms with E-state index in [1.807, 2.05) is 37.3 Å². The summed E-state index contributed by atoms with van der Waals surface area (Å²) in [5.41, 5.74) is 1.32. The lowest BCUT2D eigenvalue weighted by Crippen LogP contribution is -2.47. The molecule has 1 atom stereocenters. The minimum absolute atomic E-state index is 0.352. The molecule has 7 heteroatoms. The average molecular weight is 393 g/mol. The molecule has 150 valence electrons. The Morgan fingerprint density at radius 3 is 2.76 bits per heavy atom. The first-order chi connectivity index (χ1) is 14.0. The van der Waals surface area contributed by atoms with Gasteiger partial charge in [0.05, 0.1) is 12.3 Å². The van der Waals surface area contributed by atoms with Crippen molar-refractivity contribution in [2.75, 3.05) is 18.5 Å². The average Bonchev–Trinajstić information content (AvgIpc) is 2.95. The Labute approximate surface area is 169 Å². The zero-order valence-corrected chi connectivity index (χ0v) is 16.2. The number of carbonyl (C=O) groups is 3. The van der Waals surface area contributed by atoms with Crippen molar-refractivity contribution >= 4 is 23.5 Å². The maximum absolute atomic E-state index is 13.3. The van der Waals surface area contributed by atoms with Gasteiger partial charge < -0.3 is 15.4 Å². The highest BCUT2D eigenvalue weighted by Crippen LogP contribution is 2.39. The summed E-state index contributed by atoms with van der Waals surface area (Å²) >= 11 is 0. The third-order valence-corrected chi connectivity index (χ3v) is 5.41. The SMILES string of the molecule is CCOc1ccccc1NC(=O)CN1C(=O)N[C@]2(CCCc3ccccc32)C1=O. The minimum Gasteiger partial charge on any atom is -0.492 e. The van der Waals surface area contributed by atoms with Gasteiger partial charge in [-0.05, 0) is 49.4 Å². The molecule has 2 N–H and O–H groups in total. The quantitative estimate of drug-likeness (QED) is 0.765. The van der Waals surface area contributed by atoms with E-state index in [2.05, 4.69) is 10.6 Å². The van der Waals surface area contributed by atoms with Crippen molar-refractivity contribution in [2.24, 2.45) is 0 Å². The third-order valence-electron chi connectivity index (χ3n) is 5.41. The molecule has 0 bridgehead atoms. The van der Waals surface area contributed by atoms with Gasteiger partial charge in [-0.2, -0.15) is 0 Å². The fourth-order valence-electron chi connectivity index (χ4n) is 4.14. The van der Waals surface area contributed by atoms with Crippen LogP contribution < -0.4 is 15.4 Å². The molecule has 7 nitrogen and oxygen atoms in total. The maximum atomic E-state index is 13.3. The number of nitrogens with one attached hydrogen (secondary N) is 2. The van der Waals surface area contributed by atoms with E-state index in [4.69, 9.17) is 4.74 Å². The van der Waals surface area contributed by atoms with Crippen molar-refractivity contribution < 1.29 is 19.1 Å². The summed E-state index contributed by atoms with van der Waals surface area (Å²) in [5.74, 6) is -0.289. The number of imide groups is 1. The molecule has 1 spiro atoms. The molecule has 1 fully saturated rings. The van der Waals surface area contributed by atoms with E-state index >= 15 is 0 Å². The van der Waals surface area contributed by atoms with Crippen molar-refractivity contribution in [1.82, 2.24) is 10.2 Å². The number of anilines is 1. The Kier molecular flexibility index (Phi) is 4.96. The van der Waals surface area contributed by atoms with Crippen LogP contribution in [0.25, 0.3) is 0 Å². The number of hydrogen-bond acceptors (Lipinski definition) is 4. The van der Waals surface area contributed by atoms with Crippen LogP contribution in [0.4, 0.5) is 10.5 Å². The number of amides is 4. The van der Waals surface area contributed by atoms with Crippen molar-refractivity contribution in [3.8, 4) is 5.75 Å². The molecular weight excluding hydrogens is 370 g/mol. The van der Waals surface area contributed by atoms with Crippen LogP contribution >= 0.6 is 0 Å². The summed E-state index contributed by atoms with van der Waals surface area (Å²) in [6.45, 7) is 1.96. The van der Waals surface area contributed by atoms with E-state index in [1.165, 1.54) is 0 Å². The Balaban J connectivity index is 1.53. The van der Waals surface area contributed by atoms with Gasteiger partial charge >= 0.3 is 6.03 Å². The van der Waals surface area contributed by atoms with Crippen molar-refractivity contribution in [2.45, 2.75) is 31.7 Å². The van der Waals surface area contributed by atoms with E-state index < -0.39 is 17.5 Å². The molecule has 2 aromatic carbocycles. The van der Waals surface area contributed by atoms with Crippen molar-refractivity contribution in [3.05, 3.63) is 59.7 Å². The van der Waals surface area contributed by atoms with Gasteiger partial charge in [-0.3, -0.25) is 14.5 Å². The highest BCUT2D eigenvalue weighted by molar-refractivity contribution is 6.10. The summed E-state index contributed by atoms with van der Waals surface area (Å²) < 4.78 is 5.50. The Bertz CT molecular complexity index is 974. The minimum atomic E-state index is -1.07. The summed E-state index contributed by atoms with van der Waals surface area (Å²) in [6, 6.07) is 14.2. The lowest BCUT2D eigenvalue weighted by Gasteiger charge is -2.33. The number of nitrogens with zero attached hydrogens (tertiary/aromatic N) is 1. The molecule has 4 rings (SSSR count). The number of rotatable bonds is 5. The molecule has 1 heterocycles. The van der Waals surface area contributed by atoms with Gasteiger partial charge in [0.2, 0.25) is 5.91 Å². The summed E-state index contributed by atoms with van der Waals surface area (Å²) in [5, 5.41) is 5.59. The third kappa shape index (κ3) is 3.33. The number of ether oxygens (including phenoxy) is 1. The zero-order valence-electron chi connectivity index (χ0n) is 16.2. The highest BCUT2D eigenvalue weighted by atomic mass is 16.5. The normalized spacial score (nSPS) is 20.4. The van der Waals surface area contributed by atoms with E-state index in [-0.39, 0.29) is 12.5 Å². The van der Waals surface area contributed by atoms with Crippen LogP contribution in [0.3, 0.4) is 0 Å². The van der Waals surface area contributed by atoms with E-state index in [1.54, 1.807) is 18.2 Å². The number of benzene rings is 2. The fourth-order valence-corrected chi connectivity index (χ4v) is 4.14. The molecule has 0 radical (unpaired) electrons. The molecular formula is C22H23N3O4. The van der Waals surface area contributed by atoms with E-state index in [9.17, 15) is 14.4 Å². The molecule has 4 amide bonds. The molecule has 0 unspecified atom stereocenters. The summed E-state index contributed by atoms with van der Waals surface area (Å²) in [4.78, 5) is 39.5. The Hall–Kier alpha value is -3.35. The molecule has 0 saturated carbocycles. The maximum Gasteiger partial charge on any atom is 0.325 e. The Morgan fingerprint density at radius 1 is 1.17 bits per heavy atom. The standard InChI is InChI=1S/C22H23N3O4/c1-2-29-18-12-6-5-11-17(18)23-19(26)14-25-20(27)22(24-21(25)28)13-7-9-15-8-3-4-10-16(15)22/h3-6,8,10-12H,2,7,9,13-14H2,1H3,(H,23,26)(H,24,28)/t22-/m0/s1. The van der Waals surface area contributed by atoms with E-state index in [0.717, 1.165) is 28.9 Å². The van der Waals surface area contributed by atoms with Crippen LogP contribution in [0.2, 0.25) is 0 Å². The fraction of sp³-hybridized carbons (Fsp3) is 0.318. The van der Waals surface area contributed by atoms with Gasteiger partial charge in [0.1, 0.15) is 17.8 Å². The summed E-state index contributed by atoms with van der Waals surface area (Å²) in [7, 11) is 0. The summed E-state index contributed by atoms with van der Waals surface area (Å²) in [6.07, 6.45) is 2.19. The van der Waals surface area contributed by atoms with Gasteiger partial charge in [-0.15, -0.1) is 0 Å². The van der Waals surface area contributed by atoms with Crippen molar-refractivity contribution in [3.63, 3.8) is 0 Å². The molecule has 1 aliphatic heterocycles. The first-order valence-corrected chi connectivity index (χ1v) is 9.79. The van der Waals surface area contributed by atoms with Gasteiger partial charge in [0, 0.05) is 0 Å². The van der Waals surface area contributed by atoms with E-state index in [0.29, 0.717) is 24.5 Å². The Morgan fingerprint density at radius 2 is 1.93 bits per heavy atom. The smallest absolute Gasteiger partial charge is 0.325 e. The van der Waals surface area contributed by atoms with Crippen LogP contribution in [0.1, 0.15) is 30.9 Å². The van der Waals surface area contributed by atoms with Crippen molar-refractivity contribution in [1.29, 1.82) is 0 Å². The zero-order chi connectivity index (χ0) is 20.4. The lowest BCUT2D eigenvalue weighted by atomic mass is 9.76. The molecule has 1 aliphatic carbocycles. The molecule has 0 aromatic heterocycles. The first-order valence-electron chi connectivity index (χ1n) is 9.79. The molecule has 1 saturated heterocycles. The number of urea groups is 1. The highest BCUT2D eigenvalue weighted by Gasteiger charge is 2.54. The van der Waals surface area contributed by atoms with Gasteiger partial charge in [0.15, 0.2) is 0 Å². The van der Waals surface area contributed by atoms with Gasteiger partial charge in [-0.1, -0.05) is 36.4 Å². The lowest BCUT2D eigenvalue weighted by molar-refractivity contribution is -0.134. The second kappa shape index (κ2) is 7.58. The second-order valence-corrected chi connectivity index (χ2v) is 7.21. The first kappa shape index (κ1) is 19.0. The van der Waals surface area contributed by atoms with Crippen LogP contribution in [0, 0.1) is 0 Å². The van der Waals surface area contributed by atoms with Crippen LogP contribution in [0.5, 0.6) is 5.75 Å². The van der Waals surface area contributed by atoms with Crippen LogP contribution in [-0.2, 0) is 21.5 Å². The predicted octanol–water partition coefficient (Wildman–Crippen LogP) is 2.81. The van der Waals surface area contributed by atoms with Gasteiger partial charge in [0.25, 0.3) is 5.91 Å². The number of para-hydroxylation sites is 2. The second-order valence-electron chi connectivity index (χ2n) is 7.21.